The Morgan fingerprint density at radius 1 is 1.41 bits per heavy atom. The largest absolute Gasteiger partial charge is 0.469 e. The molecule has 17 heavy (non-hydrogen) atoms. The van der Waals surface area contributed by atoms with Crippen LogP contribution in [-0.2, 0) is 6.42 Å². The Balaban J connectivity index is 2.20. The summed E-state index contributed by atoms with van der Waals surface area (Å²) in [6, 6.07) is 10.1. The van der Waals surface area contributed by atoms with Crippen molar-refractivity contribution in [1.29, 1.82) is 0 Å². The molecule has 0 fully saturated rings. The molecule has 2 rings (SSSR count). The second-order valence-corrected chi connectivity index (χ2v) is 4.87. The quantitative estimate of drug-likeness (QED) is 0.673. The van der Waals surface area contributed by atoms with Crippen molar-refractivity contribution < 1.29 is 4.42 Å². The molecular formula is C13H15BrN2O. The van der Waals surface area contributed by atoms with Crippen molar-refractivity contribution in [1.82, 2.24) is 5.43 Å². The summed E-state index contributed by atoms with van der Waals surface area (Å²) in [6.07, 6.45) is 2.42. The highest BCUT2D eigenvalue weighted by Gasteiger charge is 2.12. The molecule has 4 heteroatoms. The van der Waals surface area contributed by atoms with Gasteiger partial charge >= 0.3 is 0 Å². The molecule has 3 nitrogen and oxygen atoms in total. The lowest BCUT2D eigenvalue weighted by Gasteiger charge is -2.16. The maximum absolute atomic E-state index is 5.61. The first-order valence-corrected chi connectivity index (χ1v) is 6.24. The smallest absolute Gasteiger partial charge is 0.105 e. The van der Waals surface area contributed by atoms with Crippen molar-refractivity contribution in [2.24, 2.45) is 5.84 Å². The summed E-state index contributed by atoms with van der Waals surface area (Å²) in [6.45, 7) is 2.06. The van der Waals surface area contributed by atoms with Crippen LogP contribution in [0.4, 0.5) is 0 Å². The third-order valence-electron chi connectivity index (χ3n) is 2.77. The van der Waals surface area contributed by atoms with Gasteiger partial charge in [-0.3, -0.25) is 11.3 Å². The van der Waals surface area contributed by atoms with E-state index < -0.39 is 0 Å². The highest BCUT2D eigenvalue weighted by Crippen LogP contribution is 2.23. The monoisotopic (exact) mass is 294 g/mol. The van der Waals surface area contributed by atoms with Gasteiger partial charge in [-0.05, 0) is 36.2 Å². The van der Waals surface area contributed by atoms with Crippen molar-refractivity contribution in [2.75, 3.05) is 0 Å². The number of aryl methyl sites for hydroxylation is 1. The molecule has 1 unspecified atom stereocenters. The summed E-state index contributed by atoms with van der Waals surface area (Å²) < 4.78 is 6.44. The Kier molecular flexibility index (Phi) is 3.99. The second-order valence-electron chi connectivity index (χ2n) is 4.01. The molecule has 0 bridgehead atoms. The summed E-state index contributed by atoms with van der Waals surface area (Å²) >= 11 is 3.49. The topological polar surface area (TPSA) is 51.2 Å². The molecule has 3 N–H and O–H groups in total. The molecule has 1 heterocycles. The second kappa shape index (κ2) is 5.49. The van der Waals surface area contributed by atoms with Gasteiger partial charge in [0.15, 0.2) is 0 Å². The van der Waals surface area contributed by atoms with Gasteiger partial charge in [0, 0.05) is 10.9 Å². The zero-order valence-corrected chi connectivity index (χ0v) is 11.2. The van der Waals surface area contributed by atoms with E-state index in [2.05, 4.69) is 40.4 Å². The first-order valence-electron chi connectivity index (χ1n) is 5.45. The molecule has 0 saturated carbocycles. The molecule has 0 saturated heterocycles. The van der Waals surface area contributed by atoms with Crippen LogP contribution in [0, 0.1) is 6.92 Å². The fourth-order valence-electron chi connectivity index (χ4n) is 1.79. The predicted molar refractivity (Wildman–Crippen MR) is 71.4 cm³/mol. The van der Waals surface area contributed by atoms with Gasteiger partial charge in [0.25, 0.3) is 0 Å². The lowest BCUT2D eigenvalue weighted by atomic mass is 10.0. The number of hydrogen-bond acceptors (Lipinski definition) is 3. The van der Waals surface area contributed by atoms with Crippen LogP contribution in [0.25, 0.3) is 0 Å². The summed E-state index contributed by atoms with van der Waals surface area (Å²) in [4.78, 5) is 0. The maximum Gasteiger partial charge on any atom is 0.105 e. The minimum atomic E-state index is 0.0629. The van der Waals surface area contributed by atoms with Crippen LogP contribution < -0.4 is 11.3 Å². The summed E-state index contributed by atoms with van der Waals surface area (Å²) in [5.41, 5.74) is 5.18. The van der Waals surface area contributed by atoms with Crippen LogP contribution in [-0.4, -0.2) is 0 Å². The van der Waals surface area contributed by atoms with Gasteiger partial charge in [0.05, 0.1) is 12.3 Å². The molecule has 0 amide bonds. The Morgan fingerprint density at radius 2 is 2.24 bits per heavy atom. The SMILES string of the molecule is Cc1cc(C(Cc2ccco2)NN)ccc1Br. The minimum Gasteiger partial charge on any atom is -0.469 e. The zero-order chi connectivity index (χ0) is 12.3. The molecule has 2 aromatic rings. The zero-order valence-electron chi connectivity index (χ0n) is 9.61. The molecule has 0 aliphatic rings. The number of nitrogens with two attached hydrogens (primary N) is 1. The van der Waals surface area contributed by atoms with Crippen molar-refractivity contribution in [3.8, 4) is 0 Å². The lowest BCUT2D eigenvalue weighted by Crippen LogP contribution is -2.29. The average Bonchev–Trinajstić information content (AvgIpc) is 2.82. The van der Waals surface area contributed by atoms with Crippen molar-refractivity contribution in [3.05, 3.63) is 58.0 Å². The first-order chi connectivity index (χ1) is 8.20. The van der Waals surface area contributed by atoms with Crippen LogP contribution in [0.2, 0.25) is 0 Å². The normalized spacial score (nSPS) is 12.6. The van der Waals surface area contributed by atoms with Crippen LogP contribution in [0.15, 0.2) is 45.5 Å². The number of hydrogen-bond donors (Lipinski definition) is 2. The van der Waals surface area contributed by atoms with E-state index in [9.17, 15) is 0 Å². The van der Waals surface area contributed by atoms with Crippen molar-refractivity contribution in [2.45, 2.75) is 19.4 Å². The van der Waals surface area contributed by atoms with Gasteiger partial charge in [-0.15, -0.1) is 0 Å². The molecule has 0 aliphatic heterocycles. The Labute approximate surface area is 109 Å². The van der Waals surface area contributed by atoms with Crippen LogP contribution in [0.3, 0.4) is 0 Å². The van der Waals surface area contributed by atoms with E-state index in [4.69, 9.17) is 10.3 Å². The standard InChI is InChI=1S/C13H15BrN2O/c1-9-7-10(4-5-12(9)14)13(16-15)8-11-3-2-6-17-11/h2-7,13,16H,8,15H2,1H3. The summed E-state index contributed by atoms with van der Waals surface area (Å²) in [5, 5.41) is 0. The Hall–Kier alpha value is -1.10. The van der Waals surface area contributed by atoms with Gasteiger partial charge in [0.2, 0.25) is 0 Å². The number of nitrogens with one attached hydrogen (secondary N) is 1. The fourth-order valence-corrected chi connectivity index (χ4v) is 2.03. The lowest BCUT2D eigenvalue weighted by molar-refractivity contribution is 0.454. The van der Waals surface area contributed by atoms with Gasteiger partial charge in [0.1, 0.15) is 5.76 Å². The number of furan rings is 1. The number of halogens is 1. The number of rotatable bonds is 4. The summed E-state index contributed by atoms with van der Waals surface area (Å²) in [5.74, 6) is 6.53. The van der Waals surface area contributed by atoms with E-state index in [0.29, 0.717) is 0 Å². The summed E-state index contributed by atoms with van der Waals surface area (Å²) in [7, 11) is 0. The van der Waals surface area contributed by atoms with Gasteiger partial charge in [-0.25, -0.2) is 0 Å². The predicted octanol–water partition coefficient (Wildman–Crippen LogP) is 3.10. The first kappa shape index (κ1) is 12.4. The van der Waals surface area contributed by atoms with Crippen molar-refractivity contribution in [3.63, 3.8) is 0 Å². The van der Waals surface area contributed by atoms with E-state index in [1.807, 2.05) is 18.2 Å². The molecule has 1 aromatic carbocycles. The van der Waals surface area contributed by atoms with Gasteiger partial charge < -0.3 is 4.42 Å². The maximum atomic E-state index is 5.61. The highest BCUT2D eigenvalue weighted by atomic mass is 79.9. The minimum absolute atomic E-state index is 0.0629. The average molecular weight is 295 g/mol. The Bertz CT molecular complexity index is 482. The number of hydrazine groups is 1. The molecular weight excluding hydrogens is 280 g/mol. The van der Waals surface area contributed by atoms with Crippen LogP contribution in [0.1, 0.15) is 22.9 Å². The highest BCUT2D eigenvalue weighted by molar-refractivity contribution is 9.10. The van der Waals surface area contributed by atoms with E-state index in [1.165, 1.54) is 5.56 Å². The van der Waals surface area contributed by atoms with Crippen LogP contribution in [0.5, 0.6) is 0 Å². The van der Waals surface area contributed by atoms with Gasteiger partial charge in [-0.2, -0.15) is 0 Å². The number of benzene rings is 1. The Morgan fingerprint density at radius 3 is 2.82 bits per heavy atom. The van der Waals surface area contributed by atoms with Crippen LogP contribution >= 0.6 is 15.9 Å². The molecule has 90 valence electrons. The van der Waals surface area contributed by atoms with Crippen molar-refractivity contribution >= 4 is 15.9 Å². The van der Waals surface area contributed by atoms with E-state index in [1.54, 1.807) is 6.26 Å². The molecule has 0 aliphatic carbocycles. The van der Waals surface area contributed by atoms with Gasteiger partial charge in [-0.1, -0.05) is 28.1 Å². The third kappa shape index (κ3) is 2.97. The molecule has 1 atom stereocenters. The van der Waals surface area contributed by atoms with E-state index in [-0.39, 0.29) is 6.04 Å². The molecule has 1 aromatic heterocycles. The van der Waals surface area contributed by atoms with E-state index in [0.717, 1.165) is 22.2 Å². The molecule has 0 radical (unpaired) electrons. The third-order valence-corrected chi connectivity index (χ3v) is 3.66. The van der Waals surface area contributed by atoms with E-state index >= 15 is 0 Å². The fraction of sp³-hybridized carbons (Fsp3) is 0.231. The molecule has 0 spiro atoms.